The molecule has 0 spiro atoms. The van der Waals surface area contributed by atoms with Crippen molar-refractivity contribution in [3.8, 4) is 11.3 Å². The van der Waals surface area contributed by atoms with Crippen molar-refractivity contribution in [1.82, 2.24) is 10.2 Å². The lowest BCUT2D eigenvalue weighted by Crippen LogP contribution is -2.04. The number of nitrogens with zero attached hydrogens (tertiary/aromatic N) is 1. The molecule has 22 heavy (non-hydrogen) atoms. The van der Waals surface area contributed by atoms with Gasteiger partial charge >= 0.3 is 12.1 Å². The normalized spacial score (nSPS) is 10.6. The highest BCUT2D eigenvalue weighted by atomic mass is 19.4. The molecule has 1 aromatic heterocycles. The molecule has 0 bridgehead atoms. The van der Waals surface area contributed by atoms with Gasteiger partial charge in [-0.1, -0.05) is 12.1 Å². The summed E-state index contributed by atoms with van der Waals surface area (Å²) in [6.45, 7) is 5.45. The molecule has 120 valence electrons. The van der Waals surface area contributed by atoms with E-state index >= 15 is 0 Å². The summed E-state index contributed by atoms with van der Waals surface area (Å²) in [6.07, 6.45) is -4.32. The van der Waals surface area contributed by atoms with Crippen LogP contribution in [0.2, 0.25) is 0 Å². The summed E-state index contributed by atoms with van der Waals surface area (Å²) in [4.78, 5) is 9.82. The molecule has 0 saturated heterocycles. The van der Waals surface area contributed by atoms with Crippen LogP contribution in [0.3, 0.4) is 0 Å². The maximum atomic E-state index is 12.5. The molecule has 0 amide bonds. The molecular weight excluding hydrogens is 297 g/mol. The van der Waals surface area contributed by atoms with Crippen LogP contribution in [0.4, 0.5) is 13.2 Å². The Labute approximate surface area is 126 Å². The van der Waals surface area contributed by atoms with Crippen molar-refractivity contribution < 1.29 is 22.7 Å². The Morgan fingerprint density at radius 1 is 1.32 bits per heavy atom. The van der Waals surface area contributed by atoms with E-state index in [1.807, 2.05) is 0 Å². The molecule has 0 fully saturated rings. The number of nitrogens with one attached hydrogen (secondary N) is 1. The van der Waals surface area contributed by atoms with Crippen LogP contribution in [0.25, 0.3) is 11.3 Å². The zero-order valence-electron chi connectivity index (χ0n) is 12.5. The molecule has 2 aromatic rings. The van der Waals surface area contributed by atoms with Crippen molar-refractivity contribution in [2.45, 2.75) is 26.9 Å². The van der Waals surface area contributed by atoms with Crippen molar-refractivity contribution in [2.24, 2.45) is 0 Å². The predicted molar refractivity (Wildman–Crippen MR) is 76.1 cm³/mol. The number of benzene rings is 1. The summed E-state index contributed by atoms with van der Waals surface area (Å²) in [5.41, 5.74) is 1.13. The number of carbonyl (C=O) groups is 1. The van der Waals surface area contributed by atoms with E-state index in [-0.39, 0.29) is 5.97 Å². The Morgan fingerprint density at radius 2 is 2.00 bits per heavy atom. The van der Waals surface area contributed by atoms with Crippen LogP contribution in [0.1, 0.15) is 25.1 Å². The van der Waals surface area contributed by atoms with E-state index in [0.29, 0.717) is 17.9 Å². The predicted octanol–water partition coefficient (Wildman–Crippen LogP) is 3.97. The van der Waals surface area contributed by atoms with E-state index in [9.17, 15) is 18.0 Å². The average molecular weight is 314 g/mol. The van der Waals surface area contributed by atoms with Crippen LogP contribution < -0.4 is 0 Å². The number of halogens is 3. The SMILES string of the molecule is CCOC(C)=O.Cc1cc(-c2cccc(C(F)(F)F)c2)n[nH]1. The van der Waals surface area contributed by atoms with Gasteiger partial charge in [0.2, 0.25) is 0 Å². The minimum atomic E-state index is -4.32. The summed E-state index contributed by atoms with van der Waals surface area (Å²) in [7, 11) is 0. The summed E-state index contributed by atoms with van der Waals surface area (Å²) in [5, 5.41) is 6.61. The Bertz CT molecular complexity index is 621. The van der Waals surface area contributed by atoms with Gasteiger partial charge in [-0.2, -0.15) is 18.3 Å². The van der Waals surface area contributed by atoms with Crippen molar-refractivity contribution >= 4 is 5.97 Å². The third-order valence-corrected chi connectivity index (χ3v) is 2.54. The highest BCUT2D eigenvalue weighted by Gasteiger charge is 2.30. The van der Waals surface area contributed by atoms with Crippen molar-refractivity contribution in [3.05, 3.63) is 41.6 Å². The number of alkyl halides is 3. The second-order valence-electron chi connectivity index (χ2n) is 4.44. The van der Waals surface area contributed by atoms with Crippen LogP contribution in [0, 0.1) is 6.92 Å². The first-order chi connectivity index (χ1) is 10.2. The summed E-state index contributed by atoms with van der Waals surface area (Å²) in [5.74, 6) is -0.211. The van der Waals surface area contributed by atoms with E-state index in [0.717, 1.165) is 17.8 Å². The van der Waals surface area contributed by atoms with Crippen LogP contribution >= 0.6 is 0 Å². The smallest absolute Gasteiger partial charge is 0.416 e. The minimum absolute atomic E-state index is 0.211. The number of aromatic amines is 1. The molecular formula is C15H17F3N2O2. The largest absolute Gasteiger partial charge is 0.466 e. The number of aryl methyl sites for hydroxylation is 1. The lowest BCUT2D eigenvalue weighted by atomic mass is 10.1. The Morgan fingerprint density at radius 3 is 2.41 bits per heavy atom. The quantitative estimate of drug-likeness (QED) is 0.853. The molecule has 2 rings (SSSR count). The summed E-state index contributed by atoms with van der Waals surface area (Å²) in [6, 6.07) is 6.82. The van der Waals surface area contributed by atoms with Gasteiger partial charge in [0.1, 0.15) is 0 Å². The molecule has 7 heteroatoms. The Balaban J connectivity index is 0.000000346. The first kappa shape index (κ1) is 17.7. The number of H-pyrrole nitrogens is 1. The molecule has 0 unspecified atom stereocenters. The third-order valence-electron chi connectivity index (χ3n) is 2.54. The fourth-order valence-corrected chi connectivity index (χ4v) is 1.62. The summed E-state index contributed by atoms with van der Waals surface area (Å²) < 4.78 is 41.8. The maximum Gasteiger partial charge on any atom is 0.416 e. The summed E-state index contributed by atoms with van der Waals surface area (Å²) >= 11 is 0. The van der Waals surface area contributed by atoms with E-state index < -0.39 is 11.7 Å². The molecule has 4 nitrogen and oxygen atoms in total. The zero-order chi connectivity index (χ0) is 16.8. The monoisotopic (exact) mass is 314 g/mol. The highest BCUT2D eigenvalue weighted by Crippen LogP contribution is 2.31. The van der Waals surface area contributed by atoms with E-state index in [4.69, 9.17) is 0 Å². The topological polar surface area (TPSA) is 55.0 Å². The van der Waals surface area contributed by atoms with Crippen LogP contribution in [-0.4, -0.2) is 22.8 Å². The molecule has 0 saturated carbocycles. The van der Waals surface area contributed by atoms with Gasteiger partial charge < -0.3 is 4.74 Å². The van der Waals surface area contributed by atoms with Crippen molar-refractivity contribution in [1.29, 1.82) is 0 Å². The fraction of sp³-hybridized carbons (Fsp3) is 0.333. The van der Waals surface area contributed by atoms with E-state index in [1.165, 1.54) is 13.0 Å². The Kier molecular flexibility index (Phi) is 6.15. The number of hydrogen-bond donors (Lipinski definition) is 1. The van der Waals surface area contributed by atoms with Crippen LogP contribution in [0.5, 0.6) is 0 Å². The molecule has 1 aromatic carbocycles. The molecule has 1 N–H and O–H groups in total. The first-order valence-corrected chi connectivity index (χ1v) is 6.57. The molecule has 0 aliphatic heterocycles. The number of carbonyl (C=O) groups excluding carboxylic acids is 1. The average Bonchev–Trinajstić information content (AvgIpc) is 2.85. The lowest BCUT2D eigenvalue weighted by molar-refractivity contribution is -0.140. The second kappa shape index (κ2) is 7.63. The Hall–Kier alpha value is -2.31. The zero-order valence-corrected chi connectivity index (χ0v) is 12.5. The lowest BCUT2D eigenvalue weighted by Gasteiger charge is -2.07. The second-order valence-corrected chi connectivity index (χ2v) is 4.44. The van der Waals surface area contributed by atoms with Gasteiger partial charge in [-0.05, 0) is 32.0 Å². The third kappa shape index (κ3) is 5.59. The number of aromatic nitrogens is 2. The number of esters is 1. The van der Waals surface area contributed by atoms with Gasteiger partial charge in [-0.3, -0.25) is 9.89 Å². The molecule has 1 heterocycles. The van der Waals surface area contributed by atoms with Crippen molar-refractivity contribution in [2.75, 3.05) is 6.61 Å². The van der Waals surface area contributed by atoms with Crippen LogP contribution in [-0.2, 0) is 15.7 Å². The number of rotatable bonds is 2. The van der Waals surface area contributed by atoms with Gasteiger partial charge in [-0.15, -0.1) is 0 Å². The molecule has 0 aliphatic carbocycles. The van der Waals surface area contributed by atoms with Gasteiger partial charge in [-0.25, -0.2) is 0 Å². The van der Waals surface area contributed by atoms with Gasteiger partial charge in [0.15, 0.2) is 0 Å². The maximum absolute atomic E-state index is 12.5. The first-order valence-electron chi connectivity index (χ1n) is 6.57. The number of hydrogen-bond acceptors (Lipinski definition) is 3. The van der Waals surface area contributed by atoms with Gasteiger partial charge in [0, 0.05) is 18.2 Å². The molecule has 0 aliphatic rings. The fourth-order valence-electron chi connectivity index (χ4n) is 1.62. The van der Waals surface area contributed by atoms with E-state index in [1.54, 1.807) is 26.0 Å². The van der Waals surface area contributed by atoms with Crippen LogP contribution in [0.15, 0.2) is 30.3 Å². The molecule has 0 atom stereocenters. The van der Waals surface area contributed by atoms with Gasteiger partial charge in [0.05, 0.1) is 17.9 Å². The molecule has 0 radical (unpaired) electrons. The van der Waals surface area contributed by atoms with Gasteiger partial charge in [0.25, 0.3) is 0 Å². The number of ether oxygens (including phenoxy) is 1. The highest BCUT2D eigenvalue weighted by molar-refractivity contribution is 5.65. The minimum Gasteiger partial charge on any atom is -0.466 e. The van der Waals surface area contributed by atoms with Crippen molar-refractivity contribution in [3.63, 3.8) is 0 Å². The standard InChI is InChI=1S/C11H9F3N2.C4H8O2/c1-7-5-10(16-15-7)8-3-2-4-9(6-8)11(12,13)14;1-3-6-4(2)5/h2-6H,1H3,(H,15,16);3H2,1-2H3. The van der Waals surface area contributed by atoms with E-state index in [2.05, 4.69) is 14.9 Å².